The summed E-state index contributed by atoms with van der Waals surface area (Å²) in [5, 5.41) is 18.3. The van der Waals surface area contributed by atoms with Gasteiger partial charge in [0, 0.05) is 26.2 Å². The van der Waals surface area contributed by atoms with Crippen molar-refractivity contribution < 1.29 is 9.52 Å². The van der Waals surface area contributed by atoms with Crippen molar-refractivity contribution in [3.63, 3.8) is 0 Å². The summed E-state index contributed by atoms with van der Waals surface area (Å²) in [5.74, 6) is 1.54. The molecule has 0 bridgehead atoms. The van der Waals surface area contributed by atoms with Crippen LogP contribution >= 0.6 is 27.3 Å². The van der Waals surface area contributed by atoms with E-state index in [0.29, 0.717) is 24.1 Å². The quantitative estimate of drug-likeness (QED) is 0.695. The fourth-order valence-electron chi connectivity index (χ4n) is 2.92. The van der Waals surface area contributed by atoms with Gasteiger partial charge in [-0.3, -0.25) is 4.90 Å². The first-order chi connectivity index (χ1) is 12.2. The standard InChI is InChI=1S/C17H17BrN4O2S/c18-15-6-5-14(25-15)17-20-19-16(24-17)11-21-7-9-22(10-8-21)12-3-1-2-4-13(12)23/h1-6,23H,7-11H2. The van der Waals surface area contributed by atoms with E-state index in [-0.39, 0.29) is 0 Å². The molecule has 3 heterocycles. The highest BCUT2D eigenvalue weighted by Crippen LogP contribution is 2.31. The lowest BCUT2D eigenvalue weighted by molar-refractivity contribution is 0.226. The van der Waals surface area contributed by atoms with Crippen molar-refractivity contribution in [1.29, 1.82) is 0 Å². The van der Waals surface area contributed by atoms with Crippen molar-refractivity contribution in [2.75, 3.05) is 31.1 Å². The van der Waals surface area contributed by atoms with Gasteiger partial charge in [-0.25, -0.2) is 0 Å². The molecule has 1 saturated heterocycles. The van der Waals surface area contributed by atoms with Gasteiger partial charge in [-0.1, -0.05) is 12.1 Å². The minimum Gasteiger partial charge on any atom is -0.506 e. The summed E-state index contributed by atoms with van der Waals surface area (Å²) in [6.45, 7) is 4.13. The number of hydrogen-bond acceptors (Lipinski definition) is 7. The van der Waals surface area contributed by atoms with Crippen LogP contribution in [0.4, 0.5) is 5.69 Å². The van der Waals surface area contributed by atoms with Crippen LogP contribution in [0.25, 0.3) is 10.8 Å². The normalized spacial score (nSPS) is 15.6. The van der Waals surface area contributed by atoms with Crippen LogP contribution < -0.4 is 4.90 Å². The zero-order valence-corrected chi connectivity index (χ0v) is 15.8. The number of anilines is 1. The van der Waals surface area contributed by atoms with Crippen LogP contribution in [0.15, 0.2) is 44.6 Å². The summed E-state index contributed by atoms with van der Waals surface area (Å²) >= 11 is 5.02. The van der Waals surface area contributed by atoms with Gasteiger partial charge in [0.15, 0.2) is 0 Å². The van der Waals surface area contributed by atoms with Gasteiger partial charge in [-0.15, -0.1) is 21.5 Å². The van der Waals surface area contributed by atoms with E-state index in [1.807, 2.05) is 30.3 Å². The van der Waals surface area contributed by atoms with E-state index in [4.69, 9.17) is 4.42 Å². The smallest absolute Gasteiger partial charge is 0.257 e. The first-order valence-electron chi connectivity index (χ1n) is 8.02. The molecule has 1 N–H and O–H groups in total. The van der Waals surface area contributed by atoms with E-state index in [1.54, 1.807) is 17.4 Å². The van der Waals surface area contributed by atoms with Crippen LogP contribution in [0, 0.1) is 0 Å². The Morgan fingerprint density at radius 1 is 1.08 bits per heavy atom. The number of aromatic nitrogens is 2. The highest BCUT2D eigenvalue weighted by molar-refractivity contribution is 9.11. The molecule has 1 fully saturated rings. The van der Waals surface area contributed by atoms with E-state index in [0.717, 1.165) is 40.5 Å². The summed E-state index contributed by atoms with van der Waals surface area (Å²) in [6, 6.07) is 11.4. The van der Waals surface area contributed by atoms with E-state index in [1.165, 1.54) is 0 Å². The largest absolute Gasteiger partial charge is 0.506 e. The fraction of sp³-hybridized carbons (Fsp3) is 0.294. The molecule has 1 aromatic carbocycles. The number of rotatable bonds is 4. The van der Waals surface area contributed by atoms with Gasteiger partial charge in [0.05, 0.1) is 20.9 Å². The lowest BCUT2D eigenvalue weighted by Gasteiger charge is -2.35. The third-order valence-corrected chi connectivity index (χ3v) is 5.82. The molecule has 1 aliphatic rings. The summed E-state index contributed by atoms with van der Waals surface area (Å²) < 4.78 is 6.83. The van der Waals surface area contributed by atoms with Crippen molar-refractivity contribution in [2.24, 2.45) is 0 Å². The predicted molar refractivity (Wildman–Crippen MR) is 101 cm³/mol. The summed E-state index contributed by atoms with van der Waals surface area (Å²) in [4.78, 5) is 5.46. The van der Waals surface area contributed by atoms with Crippen LogP contribution in [0.2, 0.25) is 0 Å². The number of piperazine rings is 1. The predicted octanol–water partition coefficient (Wildman–Crippen LogP) is 3.59. The number of nitrogens with zero attached hydrogens (tertiary/aromatic N) is 4. The second kappa shape index (κ2) is 7.15. The first kappa shape index (κ1) is 16.6. The molecule has 4 rings (SSSR count). The van der Waals surface area contributed by atoms with Crippen LogP contribution in [0.3, 0.4) is 0 Å². The first-order valence-corrected chi connectivity index (χ1v) is 9.63. The van der Waals surface area contributed by atoms with Gasteiger partial charge >= 0.3 is 0 Å². The number of hydrogen-bond donors (Lipinski definition) is 1. The molecule has 0 saturated carbocycles. The van der Waals surface area contributed by atoms with Gasteiger partial charge in [0.25, 0.3) is 5.89 Å². The Morgan fingerprint density at radius 2 is 1.88 bits per heavy atom. The van der Waals surface area contributed by atoms with Gasteiger partial charge < -0.3 is 14.4 Å². The number of phenols is 1. The number of halogens is 1. The monoisotopic (exact) mass is 420 g/mol. The molecule has 8 heteroatoms. The van der Waals surface area contributed by atoms with E-state index in [2.05, 4.69) is 35.9 Å². The van der Waals surface area contributed by atoms with E-state index < -0.39 is 0 Å². The lowest BCUT2D eigenvalue weighted by atomic mass is 10.2. The van der Waals surface area contributed by atoms with Crippen molar-refractivity contribution in [3.8, 4) is 16.5 Å². The third-order valence-electron chi connectivity index (χ3n) is 4.20. The molecule has 6 nitrogen and oxygen atoms in total. The molecule has 0 spiro atoms. The van der Waals surface area contributed by atoms with Crippen molar-refractivity contribution >= 4 is 33.0 Å². The molecule has 2 aromatic heterocycles. The Labute approximate surface area is 157 Å². The number of aromatic hydroxyl groups is 1. The van der Waals surface area contributed by atoms with Crippen molar-refractivity contribution in [3.05, 3.63) is 46.1 Å². The Bertz CT molecular complexity index is 858. The second-order valence-corrected chi connectivity index (χ2v) is 8.32. The Morgan fingerprint density at radius 3 is 2.60 bits per heavy atom. The van der Waals surface area contributed by atoms with Crippen molar-refractivity contribution in [2.45, 2.75) is 6.54 Å². The van der Waals surface area contributed by atoms with Crippen LogP contribution in [-0.2, 0) is 6.54 Å². The number of thiophene rings is 1. The van der Waals surface area contributed by atoms with Gasteiger partial charge in [0.2, 0.25) is 5.89 Å². The highest BCUT2D eigenvalue weighted by atomic mass is 79.9. The third kappa shape index (κ3) is 3.70. The Kier molecular flexibility index (Phi) is 4.74. The molecule has 0 atom stereocenters. The van der Waals surface area contributed by atoms with E-state index in [9.17, 15) is 5.11 Å². The van der Waals surface area contributed by atoms with Crippen LogP contribution in [0.5, 0.6) is 5.75 Å². The van der Waals surface area contributed by atoms with Crippen LogP contribution in [0.1, 0.15) is 5.89 Å². The van der Waals surface area contributed by atoms with Gasteiger partial charge in [-0.05, 0) is 40.2 Å². The fourth-order valence-corrected chi connectivity index (χ4v) is 4.22. The van der Waals surface area contributed by atoms with Crippen molar-refractivity contribution in [1.82, 2.24) is 15.1 Å². The molecule has 0 aliphatic carbocycles. The van der Waals surface area contributed by atoms with Gasteiger partial charge in [-0.2, -0.15) is 0 Å². The minimum absolute atomic E-state index is 0.333. The summed E-state index contributed by atoms with van der Waals surface area (Å²) in [5.41, 5.74) is 0.894. The molecule has 0 radical (unpaired) electrons. The molecular formula is C17H17BrN4O2S. The molecule has 1 aliphatic heterocycles. The van der Waals surface area contributed by atoms with Crippen LogP contribution in [-0.4, -0.2) is 46.4 Å². The maximum Gasteiger partial charge on any atom is 0.257 e. The molecule has 25 heavy (non-hydrogen) atoms. The zero-order chi connectivity index (χ0) is 17.2. The topological polar surface area (TPSA) is 65.6 Å². The molecule has 0 amide bonds. The molecule has 3 aromatic rings. The second-order valence-electron chi connectivity index (χ2n) is 5.86. The Hall–Kier alpha value is -1.90. The number of para-hydroxylation sites is 2. The summed E-state index contributed by atoms with van der Waals surface area (Å²) in [7, 11) is 0. The van der Waals surface area contributed by atoms with Gasteiger partial charge in [0.1, 0.15) is 5.75 Å². The highest BCUT2D eigenvalue weighted by Gasteiger charge is 2.21. The maximum atomic E-state index is 9.99. The lowest BCUT2D eigenvalue weighted by Crippen LogP contribution is -2.46. The molecule has 0 unspecified atom stereocenters. The molecule has 130 valence electrons. The average Bonchev–Trinajstić information content (AvgIpc) is 3.25. The molecular weight excluding hydrogens is 404 g/mol. The van der Waals surface area contributed by atoms with E-state index >= 15 is 0 Å². The number of benzene rings is 1. The maximum absolute atomic E-state index is 9.99. The zero-order valence-electron chi connectivity index (χ0n) is 13.4. The number of phenolic OH excluding ortho intramolecular Hbond substituents is 1. The minimum atomic E-state index is 0.333. The average molecular weight is 421 g/mol. The SMILES string of the molecule is Oc1ccccc1N1CCN(Cc2nnc(-c3ccc(Br)s3)o2)CC1. The Balaban J connectivity index is 1.36. The summed E-state index contributed by atoms with van der Waals surface area (Å²) in [6.07, 6.45) is 0.